The fourth-order valence-corrected chi connectivity index (χ4v) is 5.01. The number of carbonyl (C=O) groups is 1. The maximum atomic E-state index is 13.2. The van der Waals surface area contributed by atoms with Gasteiger partial charge >= 0.3 is 0 Å². The van der Waals surface area contributed by atoms with Gasteiger partial charge < -0.3 is 4.90 Å². The third-order valence-electron chi connectivity index (χ3n) is 4.66. The first-order valence-electron chi connectivity index (χ1n) is 9.08. The molecule has 144 valence electrons. The number of hydrogen-bond donors (Lipinski definition) is 0. The minimum absolute atomic E-state index is 0.0461. The second kappa shape index (κ2) is 7.85. The molecule has 3 aromatic heterocycles. The Bertz CT molecular complexity index is 1100. The highest BCUT2D eigenvalue weighted by Gasteiger charge is 2.20. The molecule has 0 atom stereocenters. The predicted molar refractivity (Wildman–Crippen MR) is 113 cm³/mol. The molecule has 0 radical (unpaired) electrons. The molecule has 1 amide bonds. The third-order valence-corrected chi connectivity index (χ3v) is 6.66. The van der Waals surface area contributed by atoms with E-state index in [2.05, 4.69) is 11.2 Å². The zero-order valence-electron chi connectivity index (χ0n) is 15.7. The molecule has 3 heterocycles. The summed E-state index contributed by atoms with van der Waals surface area (Å²) in [5.41, 5.74) is 1.87. The normalized spacial score (nSPS) is 11.2. The second-order valence-electron chi connectivity index (χ2n) is 6.60. The smallest absolute Gasteiger partial charge is 0.264 e. The number of fused-ring (bicyclic) bond motifs is 1. The zero-order valence-corrected chi connectivity index (χ0v) is 17.3. The molecule has 0 aliphatic rings. The van der Waals surface area contributed by atoms with Gasteiger partial charge in [0.15, 0.2) is 0 Å². The highest BCUT2D eigenvalue weighted by molar-refractivity contribution is 7.20. The molecule has 0 fully saturated rings. The van der Waals surface area contributed by atoms with Gasteiger partial charge in [-0.05, 0) is 49.1 Å². The van der Waals surface area contributed by atoms with Gasteiger partial charge in [-0.1, -0.05) is 18.2 Å². The van der Waals surface area contributed by atoms with Crippen LogP contribution < -0.4 is 0 Å². The summed E-state index contributed by atoms with van der Waals surface area (Å²) >= 11 is 3.13. The van der Waals surface area contributed by atoms with Crippen LogP contribution in [0.1, 0.15) is 32.7 Å². The molecule has 7 heteroatoms. The lowest BCUT2D eigenvalue weighted by atomic mass is 10.2. The summed E-state index contributed by atoms with van der Waals surface area (Å²) in [6.45, 7) is 5.78. The quantitative estimate of drug-likeness (QED) is 0.429. The molecule has 0 saturated heterocycles. The Hall–Kier alpha value is -2.51. The number of amides is 1. The summed E-state index contributed by atoms with van der Waals surface area (Å²) in [6.07, 6.45) is 0. The van der Waals surface area contributed by atoms with Crippen LogP contribution in [-0.4, -0.2) is 27.1 Å². The maximum absolute atomic E-state index is 13.2. The van der Waals surface area contributed by atoms with Crippen molar-refractivity contribution in [2.24, 2.45) is 0 Å². The van der Waals surface area contributed by atoms with Crippen molar-refractivity contribution in [2.75, 3.05) is 6.54 Å². The standard InChI is InChI=1S/C21H20FN3OS2/c1-3-24(13-17-5-4-10-27-17)20(26)19-11-18-14(2)23-25(21(18)28-19)12-15-6-8-16(22)9-7-15/h4-11H,3,12-13H2,1-2H3. The first-order chi connectivity index (χ1) is 13.5. The van der Waals surface area contributed by atoms with Gasteiger partial charge in [0.2, 0.25) is 0 Å². The van der Waals surface area contributed by atoms with Crippen molar-refractivity contribution < 1.29 is 9.18 Å². The molecule has 0 N–H and O–H groups in total. The van der Waals surface area contributed by atoms with E-state index in [1.807, 2.05) is 40.9 Å². The van der Waals surface area contributed by atoms with Gasteiger partial charge in [-0.15, -0.1) is 22.7 Å². The van der Waals surface area contributed by atoms with Gasteiger partial charge in [-0.25, -0.2) is 4.39 Å². The van der Waals surface area contributed by atoms with Crippen LogP contribution in [0.25, 0.3) is 10.2 Å². The summed E-state index contributed by atoms with van der Waals surface area (Å²) in [5.74, 6) is -0.204. The zero-order chi connectivity index (χ0) is 19.7. The molecule has 0 aliphatic heterocycles. The van der Waals surface area contributed by atoms with Crippen molar-refractivity contribution in [3.05, 3.63) is 74.7 Å². The molecule has 4 aromatic rings. The van der Waals surface area contributed by atoms with Crippen molar-refractivity contribution in [3.63, 3.8) is 0 Å². The summed E-state index contributed by atoms with van der Waals surface area (Å²) in [4.78, 5) is 17.8. The SMILES string of the molecule is CCN(Cc1cccs1)C(=O)c1cc2c(C)nn(Cc3ccc(F)cc3)c2s1. The fraction of sp³-hybridized carbons (Fsp3) is 0.238. The van der Waals surface area contributed by atoms with Crippen LogP contribution in [-0.2, 0) is 13.1 Å². The lowest BCUT2D eigenvalue weighted by Crippen LogP contribution is -2.29. The van der Waals surface area contributed by atoms with Gasteiger partial charge in [-0.3, -0.25) is 9.48 Å². The number of halogens is 1. The Balaban J connectivity index is 1.61. The number of carbonyl (C=O) groups excluding carboxylic acids is 1. The molecule has 4 nitrogen and oxygen atoms in total. The van der Waals surface area contributed by atoms with Gasteiger partial charge in [0.25, 0.3) is 5.91 Å². The first kappa shape index (κ1) is 18.8. The molecule has 0 saturated carbocycles. The Morgan fingerprint density at radius 1 is 1.25 bits per heavy atom. The van der Waals surface area contributed by atoms with E-state index in [4.69, 9.17) is 0 Å². The number of aromatic nitrogens is 2. The largest absolute Gasteiger partial charge is 0.333 e. The molecule has 4 rings (SSSR count). The second-order valence-corrected chi connectivity index (χ2v) is 8.66. The molecule has 1 aromatic carbocycles. The molecular formula is C21H20FN3OS2. The molecule has 28 heavy (non-hydrogen) atoms. The lowest BCUT2D eigenvalue weighted by molar-refractivity contribution is 0.0759. The van der Waals surface area contributed by atoms with Crippen LogP contribution in [0.3, 0.4) is 0 Å². The predicted octanol–water partition coefficient (Wildman–Crippen LogP) is 5.32. The third kappa shape index (κ3) is 3.72. The van der Waals surface area contributed by atoms with Crippen LogP contribution in [0.4, 0.5) is 4.39 Å². The van der Waals surface area contributed by atoms with E-state index in [-0.39, 0.29) is 11.7 Å². The van der Waals surface area contributed by atoms with Crippen LogP contribution in [0.15, 0.2) is 47.8 Å². The lowest BCUT2D eigenvalue weighted by Gasteiger charge is -2.19. The van der Waals surface area contributed by atoms with E-state index in [1.54, 1.807) is 23.5 Å². The number of rotatable bonds is 6. The van der Waals surface area contributed by atoms with Crippen LogP contribution in [0.5, 0.6) is 0 Å². The van der Waals surface area contributed by atoms with Crippen LogP contribution in [0.2, 0.25) is 0 Å². The molecule has 0 spiro atoms. The summed E-state index contributed by atoms with van der Waals surface area (Å²) in [5, 5.41) is 7.63. The summed E-state index contributed by atoms with van der Waals surface area (Å²) in [7, 11) is 0. The van der Waals surface area contributed by atoms with Crippen molar-refractivity contribution in [3.8, 4) is 0 Å². The highest BCUT2D eigenvalue weighted by Crippen LogP contribution is 2.30. The van der Waals surface area contributed by atoms with Crippen molar-refractivity contribution in [1.29, 1.82) is 0 Å². The van der Waals surface area contributed by atoms with Gasteiger partial charge in [-0.2, -0.15) is 5.10 Å². The fourth-order valence-electron chi connectivity index (χ4n) is 3.16. The Kier molecular flexibility index (Phi) is 5.28. The number of hydrogen-bond acceptors (Lipinski definition) is 4. The number of aryl methyl sites for hydroxylation is 1. The van der Waals surface area contributed by atoms with Crippen molar-refractivity contribution in [2.45, 2.75) is 26.9 Å². The van der Waals surface area contributed by atoms with E-state index in [1.165, 1.54) is 28.3 Å². The average molecular weight is 414 g/mol. The van der Waals surface area contributed by atoms with Gasteiger partial charge in [0.05, 0.1) is 23.7 Å². The Morgan fingerprint density at radius 2 is 2.04 bits per heavy atom. The Morgan fingerprint density at radius 3 is 2.71 bits per heavy atom. The van der Waals surface area contributed by atoms with E-state index in [0.717, 1.165) is 26.4 Å². The van der Waals surface area contributed by atoms with Crippen LogP contribution in [0, 0.1) is 12.7 Å². The monoisotopic (exact) mass is 413 g/mol. The van der Waals surface area contributed by atoms with Crippen LogP contribution >= 0.6 is 22.7 Å². The maximum Gasteiger partial charge on any atom is 0.264 e. The van der Waals surface area contributed by atoms with E-state index in [0.29, 0.717) is 19.6 Å². The Labute approximate surface area is 170 Å². The summed E-state index contributed by atoms with van der Waals surface area (Å²) in [6, 6.07) is 12.4. The van der Waals surface area contributed by atoms with E-state index < -0.39 is 0 Å². The summed E-state index contributed by atoms with van der Waals surface area (Å²) < 4.78 is 15.1. The van der Waals surface area contributed by atoms with E-state index >= 15 is 0 Å². The number of benzene rings is 1. The van der Waals surface area contributed by atoms with Gasteiger partial charge in [0.1, 0.15) is 10.6 Å². The molecule has 0 aliphatic carbocycles. The minimum atomic E-state index is -0.250. The number of nitrogens with zero attached hydrogens (tertiary/aromatic N) is 3. The minimum Gasteiger partial charge on any atom is -0.333 e. The number of thiophene rings is 2. The molecule has 0 bridgehead atoms. The molecular weight excluding hydrogens is 393 g/mol. The van der Waals surface area contributed by atoms with Crippen molar-refractivity contribution >= 4 is 38.8 Å². The van der Waals surface area contributed by atoms with Gasteiger partial charge in [0, 0.05) is 16.8 Å². The average Bonchev–Trinajstić information content (AvgIpc) is 3.41. The van der Waals surface area contributed by atoms with E-state index in [9.17, 15) is 9.18 Å². The topological polar surface area (TPSA) is 38.1 Å². The van der Waals surface area contributed by atoms with Crippen molar-refractivity contribution in [1.82, 2.24) is 14.7 Å². The first-order valence-corrected chi connectivity index (χ1v) is 10.8. The highest BCUT2D eigenvalue weighted by atomic mass is 32.1. The molecule has 0 unspecified atom stereocenters.